The summed E-state index contributed by atoms with van der Waals surface area (Å²) in [5.41, 5.74) is 15.2. The molecule has 0 unspecified atom stereocenters. The van der Waals surface area contributed by atoms with Crippen molar-refractivity contribution in [2.24, 2.45) is 5.11 Å². The second-order valence-electron chi connectivity index (χ2n) is 3.12. The van der Waals surface area contributed by atoms with Gasteiger partial charge in [-0.2, -0.15) is 0 Å². The zero-order valence-corrected chi connectivity index (χ0v) is 8.45. The van der Waals surface area contributed by atoms with Crippen LogP contribution in [0.4, 0.5) is 5.69 Å². The minimum Gasteiger partial charge on any atom is -0.399 e. The van der Waals surface area contributed by atoms with Crippen molar-refractivity contribution in [1.82, 2.24) is 9.94 Å². The second-order valence-corrected chi connectivity index (χ2v) is 3.12. The van der Waals surface area contributed by atoms with Crippen LogP contribution in [0.3, 0.4) is 0 Å². The van der Waals surface area contributed by atoms with E-state index in [0.717, 1.165) is 10.9 Å². The third-order valence-corrected chi connectivity index (χ3v) is 2.03. The van der Waals surface area contributed by atoms with Crippen molar-refractivity contribution in [3.05, 3.63) is 34.8 Å². The first-order valence-corrected chi connectivity index (χ1v) is 4.68. The van der Waals surface area contributed by atoms with Gasteiger partial charge in [0.1, 0.15) is 12.1 Å². The van der Waals surface area contributed by atoms with Crippen LogP contribution in [0, 0.1) is 0 Å². The topological polar surface area (TPSA) is 102 Å². The van der Waals surface area contributed by atoms with Crippen molar-refractivity contribution >= 4 is 16.6 Å². The van der Waals surface area contributed by atoms with Gasteiger partial charge in [0, 0.05) is 16.0 Å². The molecule has 7 heteroatoms. The Morgan fingerprint density at radius 2 is 2.44 bits per heavy atom. The van der Waals surface area contributed by atoms with Crippen molar-refractivity contribution in [3.63, 3.8) is 0 Å². The number of fused-ring (bicyclic) bond motifs is 1. The molecule has 82 valence electrons. The number of hydrogen-bond donors (Lipinski definition) is 1. The summed E-state index contributed by atoms with van der Waals surface area (Å²) < 4.78 is 0. The number of nitrogens with two attached hydrogens (primary N) is 1. The van der Waals surface area contributed by atoms with Gasteiger partial charge in [-0.1, -0.05) is 9.96 Å². The lowest BCUT2D eigenvalue weighted by molar-refractivity contribution is 0.0980. The highest BCUT2D eigenvalue weighted by molar-refractivity contribution is 5.81. The third kappa shape index (κ3) is 1.99. The van der Waals surface area contributed by atoms with Crippen LogP contribution < -0.4 is 10.6 Å². The molecule has 1 aromatic carbocycles. The highest BCUT2D eigenvalue weighted by atomic mass is 16.7. The Balaban J connectivity index is 2.15. The predicted octanol–water partition coefficient (Wildman–Crippen LogP) is 1.36. The van der Waals surface area contributed by atoms with Crippen LogP contribution in [0.1, 0.15) is 0 Å². The molecule has 0 bridgehead atoms. The van der Waals surface area contributed by atoms with Crippen molar-refractivity contribution in [3.8, 4) is 0 Å². The third-order valence-electron chi connectivity index (χ3n) is 2.03. The maximum atomic E-state index is 8.09. The van der Waals surface area contributed by atoms with E-state index in [9.17, 15) is 0 Å². The van der Waals surface area contributed by atoms with Gasteiger partial charge in [0.2, 0.25) is 0 Å². The first-order chi connectivity index (χ1) is 7.81. The molecule has 0 saturated carbocycles. The van der Waals surface area contributed by atoms with Gasteiger partial charge >= 0.3 is 0 Å². The molecule has 0 aliphatic carbocycles. The molecule has 0 atom stereocenters. The maximum absolute atomic E-state index is 8.09. The lowest BCUT2D eigenvalue weighted by Gasteiger charge is -2.04. The molecular formula is C9H10N6O. The number of aromatic nitrogens is 2. The molecule has 2 aromatic rings. The molecular weight excluding hydrogens is 208 g/mol. The molecule has 0 aliphatic heterocycles. The summed E-state index contributed by atoms with van der Waals surface area (Å²) in [6.07, 6.45) is 1.67. The van der Waals surface area contributed by atoms with E-state index in [4.69, 9.17) is 16.1 Å². The number of benzene rings is 1. The Kier molecular flexibility index (Phi) is 2.79. The molecule has 2 N–H and O–H groups in total. The van der Waals surface area contributed by atoms with Gasteiger partial charge in [-0.25, -0.2) is 0 Å². The summed E-state index contributed by atoms with van der Waals surface area (Å²) >= 11 is 0. The monoisotopic (exact) mass is 218 g/mol. The molecule has 0 aliphatic rings. The van der Waals surface area contributed by atoms with E-state index in [1.165, 1.54) is 4.85 Å². The Bertz CT molecular complexity index is 542. The molecule has 7 nitrogen and oxygen atoms in total. The molecule has 16 heavy (non-hydrogen) atoms. The van der Waals surface area contributed by atoms with E-state index < -0.39 is 0 Å². The molecule has 1 aromatic heterocycles. The van der Waals surface area contributed by atoms with Gasteiger partial charge < -0.3 is 10.6 Å². The first-order valence-electron chi connectivity index (χ1n) is 4.68. The second kappa shape index (κ2) is 4.41. The van der Waals surface area contributed by atoms with Crippen LogP contribution in [0.5, 0.6) is 0 Å². The number of nitrogens with zero attached hydrogens (tertiary/aromatic N) is 5. The largest absolute Gasteiger partial charge is 0.399 e. The number of rotatable bonds is 4. The summed E-state index contributed by atoms with van der Waals surface area (Å²) in [5.74, 6) is 0. The Morgan fingerprint density at radius 3 is 3.25 bits per heavy atom. The number of azide groups is 1. The predicted molar refractivity (Wildman–Crippen MR) is 59.6 cm³/mol. The fraction of sp³-hybridized carbons (Fsp3) is 0.222. The zero-order valence-electron chi connectivity index (χ0n) is 8.45. The van der Waals surface area contributed by atoms with Crippen LogP contribution in [-0.2, 0) is 0 Å². The van der Waals surface area contributed by atoms with Gasteiger partial charge in [0.05, 0.1) is 12.7 Å². The van der Waals surface area contributed by atoms with Crippen LogP contribution in [0.2, 0.25) is 0 Å². The SMILES string of the molecule is [N-]=[N+]=NCCOn1ncc2cc(N)ccc21. The Hall–Kier alpha value is -2.40. The fourth-order valence-electron chi connectivity index (χ4n) is 1.34. The highest BCUT2D eigenvalue weighted by Gasteiger charge is 2.02. The van der Waals surface area contributed by atoms with E-state index in [0.29, 0.717) is 5.69 Å². The molecule has 1 heterocycles. The lowest BCUT2D eigenvalue weighted by Crippen LogP contribution is -2.15. The molecule has 2 rings (SSSR count). The van der Waals surface area contributed by atoms with E-state index in [-0.39, 0.29) is 13.2 Å². The van der Waals surface area contributed by atoms with Gasteiger partial charge in [-0.05, 0) is 23.7 Å². The van der Waals surface area contributed by atoms with Crippen molar-refractivity contribution in [1.29, 1.82) is 0 Å². The number of nitrogen functional groups attached to an aromatic ring is 1. The summed E-state index contributed by atoms with van der Waals surface area (Å²) in [6, 6.07) is 5.41. The Labute approximate surface area is 91.0 Å². The van der Waals surface area contributed by atoms with Gasteiger partial charge in [-0.15, -0.1) is 5.10 Å². The smallest absolute Gasteiger partial charge is 0.122 e. The molecule has 0 fully saturated rings. The van der Waals surface area contributed by atoms with Crippen LogP contribution >= 0.6 is 0 Å². The van der Waals surface area contributed by atoms with Crippen molar-refractivity contribution in [2.45, 2.75) is 0 Å². The van der Waals surface area contributed by atoms with Crippen LogP contribution in [-0.4, -0.2) is 23.1 Å². The number of hydrogen-bond acceptors (Lipinski definition) is 4. The Morgan fingerprint density at radius 1 is 1.56 bits per heavy atom. The quantitative estimate of drug-likeness (QED) is 0.275. The van der Waals surface area contributed by atoms with Crippen molar-refractivity contribution < 1.29 is 4.84 Å². The summed E-state index contributed by atoms with van der Waals surface area (Å²) in [5, 5.41) is 8.30. The van der Waals surface area contributed by atoms with E-state index in [1.54, 1.807) is 12.3 Å². The van der Waals surface area contributed by atoms with Gasteiger partial charge in [-0.3, -0.25) is 0 Å². The average Bonchev–Trinajstić information content (AvgIpc) is 2.67. The van der Waals surface area contributed by atoms with E-state index in [1.807, 2.05) is 12.1 Å². The normalized spacial score (nSPS) is 10.0. The molecule has 0 radical (unpaired) electrons. The summed E-state index contributed by atoms with van der Waals surface area (Å²) in [6.45, 7) is 0.554. The van der Waals surface area contributed by atoms with E-state index in [2.05, 4.69) is 15.1 Å². The zero-order chi connectivity index (χ0) is 11.4. The van der Waals surface area contributed by atoms with Gasteiger partial charge in [0.15, 0.2) is 0 Å². The molecule has 0 spiro atoms. The number of anilines is 1. The van der Waals surface area contributed by atoms with Crippen LogP contribution in [0.25, 0.3) is 21.3 Å². The molecule has 0 amide bonds. The lowest BCUT2D eigenvalue weighted by atomic mass is 10.2. The maximum Gasteiger partial charge on any atom is 0.122 e. The average molecular weight is 218 g/mol. The van der Waals surface area contributed by atoms with E-state index >= 15 is 0 Å². The first kappa shape index (κ1) is 10.1. The minimum absolute atomic E-state index is 0.271. The summed E-state index contributed by atoms with van der Waals surface area (Å²) in [4.78, 5) is 9.32. The fourth-order valence-corrected chi connectivity index (χ4v) is 1.34. The minimum atomic E-state index is 0.271. The molecule has 0 saturated heterocycles. The highest BCUT2D eigenvalue weighted by Crippen LogP contribution is 2.15. The summed E-state index contributed by atoms with van der Waals surface area (Å²) in [7, 11) is 0. The standard InChI is InChI=1S/C9H10N6O/c10-8-1-2-9-7(5-8)6-13-15(9)16-4-3-12-14-11/h1-2,5-6H,3-4,10H2. The van der Waals surface area contributed by atoms with Gasteiger partial charge in [0.25, 0.3) is 0 Å². The van der Waals surface area contributed by atoms with Crippen molar-refractivity contribution in [2.75, 3.05) is 18.9 Å². The van der Waals surface area contributed by atoms with Crippen LogP contribution in [0.15, 0.2) is 29.5 Å².